The van der Waals surface area contributed by atoms with Crippen LogP contribution in [-0.4, -0.2) is 25.0 Å². The van der Waals surface area contributed by atoms with E-state index in [0.717, 1.165) is 15.5 Å². The van der Waals surface area contributed by atoms with E-state index < -0.39 is 0 Å². The lowest BCUT2D eigenvalue weighted by Gasteiger charge is -2.10. The van der Waals surface area contributed by atoms with Gasteiger partial charge in [0.1, 0.15) is 0 Å². The zero-order valence-electron chi connectivity index (χ0n) is 9.89. The molecule has 0 aliphatic rings. The van der Waals surface area contributed by atoms with Gasteiger partial charge in [0, 0.05) is 28.1 Å². The third-order valence-electron chi connectivity index (χ3n) is 2.14. The summed E-state index contributed by atoms with van der Waals surface area (Å²) in [6, 6.07) is 5.94. The number of amides is 1. The Balaban J connectivity index is 2.47. The van der Waals surface area contributed by atoms with Gasteiger partial charge in [0.15, 0.2) is 0 Å². The Bertz CT molecular complexity index is 394. The summed E-state index contributed by atoms with van der Waals surface area (Å²) in [6.07, 6.45) is 0. The molecule has 0 heterocycles. The molecule has 5 heteroatoms. The third-order valence-corrected chi connectivity index (χ3v) is 3.29. The lowest BCUT2D eigenvalue weighted by molar-refractivity contribution is 0.0953. The van der Waals surface area contributed by atoms with Crippen LogP contribution < -0.4 is 10.6 Å². The molecule has 94 valence electrons. The predicted molar refractivity (Wildman–Crippen MR) is 77.3 cm³/mol. The number of carbonyl (C=O) groups excluding carboxylic acids is 1. The molecule has 0 saturated heterocycles. The molecule has 0 atom stereocenters. The molecule has 0 radical (unpaired) electrons. The predicted octanol–water partition coefficient (Wildman–Crippen LogP) is 2.94. The van der Waals surface area contributed by atoms with Crippen molar-refractivity contribution in [3.63, 3.8) is 0 Å². The number of hydrogen-bond donors (Lipinski definition) is 2. The molecule has 0 unspecified atom stereocenters. The van der Waals surface area contributed by atoms with Gasteiger partial charge in [-0.15, -0.1) is 0 Å². The quantitative estimate of drug-likeness (QED) is 0.789. The van der Waals surface area contributed by atoms with E-state index in [-0.39, 0.29) is 5.91 Å². The van der Waals surface area contributed by atoms with Crippen LogP contribution in [0.3, 0.4) is 0 Å². The first-order chi connectivity index (χ1) is 8.00. The summed E-state index contributed by atoms with van der Waals surface area (Å²) in [6.45, 7) is 5.55. The van der Waals surface area contributed by atoms with Crippen molar-refractivity contribution in [1.82, 2.24) is 10.6 Å². The summed E-state index contributed by atoms with van der Waals surface area (Å²) in [5.74, 6) is -0.0602. The van der Waals surface area contributed by atoms with Gasteiger partial charge in [-0.05, 0) is 34.1 Å². The molecule has 0 aliphatic carbocycles. The van der Waals surface area contributed by atoms with Gasteiger partial charge in [-0.1, -0.05) is 29.8 Å². The topological polar surface area (TPSA) is 41.1 Å². The van der Waals surface area contributed by atoms with Crippen LogP contribution in [0.1, 0.15) is 24.2 Å². The second-order valence-corrected chi connectivity index (χ2v) is 5.76. The second kappa shape index (κ2) is 7.13. The van der Waals surface area contributed by atoms with Crippen LogP contribution in [0.25, 0.3) is 0 Å². The van der Waals surface area contributed by atoms with Gasteiger partial charge >= 0.3 is 0 Å². The molecule has 0 bridgehead atoms. The van der Waals surface area contributed by atoms with Crippen LogP contribution in [0.4, 0.5) is 0 Å². The molecule has 17 heavy (non-hydrogen) atoms. The van der Waals surface area contributed by atoms with Gasteiger partial charge < -0.3 is 10.6 Å². The summed E-state index contributed by atoms with van der Waals surface area (Å²) in [7, 11) is 0. The standard InChI is InChI=1S/C12H16Br2N2O/c1-8(2)15-5-6-16-12(17)10-4-3-9(13)7-11(10)14/h3-4,7-8,15H,5-6H2,1-2H3,(H,16,17). The molecular weight excluding hydrogens is 348 g/mol. The fourth-order valence-corrected chi connectivity index (χ4v) is 2.53. The number of rotatable bonds is 5. The minimum absolute atomic E-state index is 0.0602. The summed E-state index contributed by atoms with van der Waals surface area (Å²) in [5.41, 5.74) is 0.651. The summed E-state index contributed by atoms with van der Waals surface area (Å²) in [4.78, 5) is 11.8. The van der Waals surface area contributed by atoms with E-state index in [1.165, 1.54) is 0 Å². The van der Waals surface area contributed by atoms with Crippen molar-refractivity contribution in [2.75, 3.05) is 13.1 Å². The molecule has 1 aromatic rings. The van der Waals surface area contributed by atoms with Crippen LogP contribution >= 0.6 is 31.9 Å². The number of nitrogens with one attached hydrogen (secondary N) is 2. The fraction of sp³-hybridized carbons (Fsp3) is 0.417. The maximum Gasteiger partial charge on any atom is 0.252 e. The number of carbonyl (C=O) groups is 1. The van der Waals surface area contributed by atoms with Crippen molar-refractivity contribution in [1.29, 1.82) is 0 Å². The monoisotopic (exact) mass is 362 g/mol. The molecule has 2 N–H and O–H groups in total. The Kier molecular flexibility index (Phi) is 6.16. The van der Waals surface area contributed by atoms with Gasteiger partial charge in [0.2, 0.25) is 0 Å². The smallest absolute Gasteiger partial charge is 0.252 e. The Morgan fingerprint density at radius 1 is 1.29 bits per heavy atom. The Hall–Kier alpha value is -0.390. The molecule has 0 aromatic heterocycles. The number of benzene rings is 1. The maximum atomic E-state index is 11.8. The minimum Gasteiger partial charge on any atom is -0.351 e. The normalized spacial score (nSPS) is 10.6. The van der Waals surface area contributed by atoms with Crippen LogP contribution in [0.2, 0.25) is 0 Å². The molecule has 0 fully saturated rings. The Labute approximate surface area is 119 Å². The van der Waals surface area contributed by atoms with Crippen molar-refractivity contribution in [3.8, 4) is 0 Å². The average Bonchev–Trinajstić information content (AvgIpc) is 2.23. The fourth-order valence-electron chi connectivity index (χ4n) is 1.31. The zero-order chi connectivity index (χ0) is 12.8. The van der Waals surface area contributed by atoms with Gasteiger partial charge in [-0.3, -0.25) is 4.79 Å². The molecule has 1 aromatic carbocycles. The van der Waals surface area contributed by atoms with Crippen molar-refractivity contribution < 1.29 is 4.79 Å². The summed E-state index contributed by atoms with van der Waals surface area (Å²) < 4.78 is 1.74. The molecule has 1 amide bonds. The van der Waals surface area contributed by atoms with Gasteiger partial charge in [-0.25, -0.2) is 0 Å². The van der Waals surface area contributed by atoms with Gasteiger partial charge in [0.25, 0.3) is 5.91 Å². The van der Waals surface area contributed by atoms with Crippen LogP contribution in [0.15, 0.2) is 27.1 Å². The zero-order valence-corrected chi connectivity index (χ0v) is 13.1. The van der Waals surface area contributed by atoms with Crippen molar-refractivity contribution >= 4 is 37.8 Å². The second-order valence-electron chi connectivity index (χ2n) is 3.99. The first kappa shape index (κ1) is 14.7. The van der Waals surface area contributed by atoms with E-state index >= 15 is 0 Å². The molecule has 1 rings (SSSR count). The van der Waals surface area contributed by atoms with Crippen molar-refractivity contribution in [2.45, 2.75) is 19.9 Å². The van der Waals surface area contributed by atoms with Crippen molar-refractivity contribution in [2.24, 2.45) is 0 Å². The molecule has 0 aliphatic heterocycles. The molecular formula is C12H16Br2N2O. The SMILES string of the molecule is CC(C)NCCNC(=O)c1ccc(Br)cc1Br. The minimum atomic E-state index is -0.0602. The average molecular weight is 364 g/mol. The highest BCUT2D eigenvalue weighted by Gasteiger charge is 2.09. The van der Waals surface area contributed by atoms with Gasteiger partial charge in [0.05, 0.1) is 5.56 Å². The van der Waals surface area contributed by atoms with Crippen molar-refractivity contribution in [3.05, 3.63) is 32.7 Å². The Morgan fingerprint density at radius 2 is 2.00 bits per heavy atom. The first-order valence-electron chi connectivity index (χ1n) is 5.47. The molecule has 3 nitrogen and oxygen atoms in total. The van der Waals surface area contributed by atoms with E-state index in [9.17, 15) is 4.79 Å². The molecule has 0 spiro atoms. The lowest BCUT2D eigenvalue weighted by atomic mass is 10.2. The Morgan fingerprint density at radius 3 is 2.59 bits per heavy atom. The van der Waals surface area contributed by atoms with Crippen LogP contribution in [-0.2, 0) is 0 Å². The van der Waals surface area contributed by atoms with E-state index in [2.05, 4.69) is 56.3 Å². The number of hydrogen-bond acceptors (Lipinski definition) is 2. The highest BCUT2D eigenvalue weighted by atomic mass is 79.9. The summed E-state index contributed by atoms with van der Waals surface area (Å²) >= 11 is 6.73. The largest absolute Gasteiger partial charge is 0.351 e. The highest BCUT2D eigenvalue weighted by molar-refractivity contribution is 9.11. The summed E-state index contributed by atoms with van der Waals surface area (Å²) in [5, 5.41) is 6.11. The first-order valence-corrected chi connectivity index (χ1v) is 7.06. The van der Waals surface area contributed by atoms with E-state index in [1.54, 1.807) is 6.07 Å². The number of halogens is 2. The van der Waals surface area contributed by atoms with Gasteiger partial charge in [-0.2, -0.15) is 0 Å². The van der Waals surface area contributed by atoms with Crippen LogP contribution in [0, 0.1) is 0 Å². The van der Waals surface area contributed by atoms with E-state index in [1.807, 2.05) is 12.1 Å². The molecule has 0 saturated carbocycles. The third kappa shape index (κ3) is 5.19. The maximum absolute atomic E-state index is 11.8. The highest BCUT2D eigenvalue weighted by Crippen LogP contribution is 2.21. The van der Waals surface area contributed by atoms with E-state index in [4.69, 9.17) is 0 Å². The van der Waals surface area contributed by atoms with Crippen LogP contribution in [0.5, 0.6) is 0 Å². The lowest BCUT2D eigenvalue weighted by Crippen LogP contribution is -2.34. The van der Waals surface area contributed by atoms with E-state index in [0.29, 0.717) is 18.2 Å².